The molecule has 0 radical (unpaired) electrons. The molecule has 0 saturated carbocycles. The Kier molecular flexibility index (Phi) is 6.15. The minimum atomic E-state index is -0.979. The molecule has 2 aromatic carbocycles. The molecule has 0 aromatic heterocycles. The Morgan fingerprint density at radius 1 is 1.17 bits per heavy atom. The van der Waals surface area contributed by atoms with Crippen LogP contribution in [-0.2, 0) is 16.0 Å². The van der Waals surface area contributed by atoms with E-state index in [4.69, 9.17) is 5.11 Å². The van der Waals surface area contributed by atoms with Gasteiger partial charge in [-0.1, -0.05) is 51.8 Å². The van der Waals surface area contributed by atoms with E-state index < -0.39 is 11.9 Å². The quantitative estimate of drug-likeness (QED) is 0.771. The number of aryl methyl sites for hydroxylation is 2. The van der Waals surface area contributed by atoms with E-state index in [-0.39, 0.29) is 12.3 Å². The van der Waals surface area contributed by atoms with Crippen LogP contribution in [-0.4, -0.2) is 17.0 Å². The Hall–Kier alpha value is -2.14. The van der Waals surface area contributed by atoms with Crippen LogP contribution in [0.2, 0.25) is 0 Å². The summed E-state index contributed by atoms with van der Waals surface area (Å²) < 4.78 is 0.897. The topological polar surface area (TPSA) is 66.4 Å². The standard InChI is InChI=1S/C19H20BrNO3/c1-12-4-3-5-14(8-12)9-15(10-18(22)23)19(24)21-16-7-6-13(2)17(20)11-16/h3-8,11,15H,9-10H2,1-2H3,(H,21,24)(H,22,23)/t15-/m0/s1. The molecule has 0 aliphatic rings. The second-order valence-electron chi connectivity index (χ2n) is 5.94. The first-order valence-corrected chi connectivity index (χ1v) is 8.49. The van der Waals surface area contributed by atoms with Gasteiger partial charge < -0.3 is 10.4 Å². The van der Waals surface area contributed by atoms with Gasteiger partial charge in [-0.05, 0) is 43.5 Å². The number of nitrogens with one attached hydrogen (secondary N) is 1. The molecule has 0 bridgehead atoms. The van der Waals surface area contributed by atoms with Gasteiger partial charge in [-0.25, -0.2) is 0 Å². The largest absolute Gasteiger partial charge is 0.481 e. The van der Waals surface area contributed by atoms with Crippen molar-refractivity contribution in [2.24, 2.45) is 5.92 Å². The first-order chi connectivity index (χ1) is 11.3. The fraction of sp³-hybridized carbons (Fsp3) is 0.263. The molecule has 0 saturated heterocycles. The van der Waals surface area contributed by atoms with Gasteiger partial charge in [0, 0.05) is 10.2 Å². The fourth-order valence-corrected chi connectivity index (χ4v) is 2.89. The number of hydrogen-bond donors (Lipinski definition) is 2. The highest BCUT2D eigenvalue weighted by atomic mass is 79.9. The zero-order valence-corrected chi connectivity index (χ0v) is 15.3. The van der Waals surface area contributed by atoms with E-state index in [0.29, 0.717) is 12.1 Å². The molecule has 4 nitrogen and oxygen atoms in total. The van der Waals surface area contributed by atoms with Crippen molar-refractivity contribution in [2.45, 2.75) is 26.7 Å². The van der Waals surface area contributed by atoms with Gasteiger partial charge in [0.25, 0.3) is 0 Å². The predicted molar refractivity (Wildman–Crippen MR) is 98.1 cm³/mol. The van der Waals surface area contributed by atoms with E-state index >= 15 is 0 Å². The van der Waals surface area contributed by atoms with Crippen LogP contribution in [0.3, 0.4) is 0 Å². The third-order valence-electron chi connectivity index (χ3n) is 3.80. The predicted octanol–water partition coefficient (Wildman–Crippen LogP) is 4.34. The molecular weight excluding hydrogens is 370 g/mol. The highest BCUT2D eigenvalue weighted by Crippen LogP contribution is 2.22. The summed E-state index contributed by atoms with van der Waals surface area (Å²) >= 11 is 3.43. The SMILES string of the molecule is Cc1cccc(C[C@@H](CC(=O)O)C(=O)Nc2ccc(C)c(Br)c2)c1. The van der Waals surface area contributed by atoms with Crippen molar-refractivity contribution in [3.63, 3.8) is 0 Å². The summed E-state index contributed by atoms with van der Waals surface area (Å²) in [6.07, 6.45) is 0.194. The summed E-state index contributed by atoms with van der Waals surface area (Å²) in [4.78, 5) is 23.7. The Balaban J connectivity index is 2.15. The molecule has 0 aliphatic carbocycles. The average molecular weight is 390 g/mol. The summed E-state index contributed by atoms with van der Waals surface area (Å²) in [5.74, 6) is -1.88. The first kappa shape index (κ1) is 18.2. The van der Waals surface area contributed by atoms with Crippen LogP contribution in [0.25, 0.3) is 0 Å². The van der Waals surface area contributed by atoms with E-state index in [0.717, 1.165) is 21.2 Å². The normalized spacial score (nSPS) is 11.8. The molecule has 1 amide bonds. The zero-order valence-electron chi connectivity index (χ0n) is 13.7. The number of hydrogen-bond acceptors (Lipinski definition) is 2. The smallest absolute Gasteiger partial charge is 0.304 e. The van der Waals surface area contributed by atoms with Crippen molar-refractivity contribution in [1.82, 2.24) is 0 Å². The Labute approximate surface area is 150 Å². The van der Waals surface area contributed by atoms with Crippen LogP contribution in [0.5, 0.6) is 0 Å². The van der Waals surface area contributed by atoms with Crippen LogP contribution in [0.1, 0.15) is 23.1 Å². The summed E-state index contributed by atoms with van der Waals surface area (Å²) in [5, 5.41) is 11.9. The Morgan fingerprint density at radius 3 is 2.54 bits per heavy atom. The number of carboxylic acids is 1. The second kappa shape index (κ2) is 8.11. The highest BCUT2D eigenvalue weighted by Gasteiger charge is 2.22. The second-order valence-corrected chi connectivity index (χ2v) is 6.80. The van der Waals surface area contributed by atoms with Gasteiger partial charge in [0.2, 0.25) is 5.91 Å². The number of amides is 1. The van der Waals surface area contributed by atoms with E-state index in [1.165, 1.54) is 0 Å². The Morgan fingerprint density at radius 2 is 1.92 bits per heavy atom. The molecule has 0 unspecified atom stereocenters. The number of benzene rings is 2. The minimum Gasteiger partial charge on any atom is -0.481 e. The van der Waals surface area contributed by atoms with Crippen molar-refractivity contribution in [3.05, 3.63) is 63.6 Å². The first-order valence-electron chi connectivity index (χ1n) is 7.69. The van der Waals surface area contributed by atoms with Crippen LogP contribution in [0.15, 0.2) is 46.9 Å². The van der Waals surface area contributed by atoms with Gasteiger partial charge >= 0.3 is 5.97 Å². The van der Waals surface area contributed by atoms with Crippen molar-refractivity contribution in [2.75, 3.05) is 5.32 Å². The number of aliphatic carboxylic acids is 1. The molecule has 0 aliphatic heterocycles. The molecule has 2 rings (SSSR count). The molecular formula is C19H20BrNO3. The number of carboxylic acid groups (broad SMARTS) is 1. The van der Waals surface area contributed by atoms with Crippen LogP contribution in [0, 0.1) is 19.8 Å². The molecule has 0 fully saturated rings. The van der Waals surface area contributed by atoms with Crippen LogP contribution in [0.4, 0.5) is 5.69 Å². The maximum atomic E-state index is 12.5. The van der Waals surface area contributed by atoms with Crippen molar-refractivity contribution in [3.8, 4) is 0 Å². The van der Waals surface area contributed by atoms with E-state index in [1.807, 2.05) is 56.3 Å². The van der Waals surface area contributed by atoms with Gasteiger partial charge in [0.15, 0.2) is 0 Å². The van der Waals surface area contributed by atoms with Crippen molar-refractivity contribution < 1.29 is 14.7 Å². The van der Waals surface area contributed by atoms with Crippen molar-refractivity contribution in [1.29, 1.82) is 0 Å². The maximum Gasteiger partial charge on any atom is 0.304 e. The number of rotatable bonds is 6. The molecule has 5 heteroatoms. The summed E-state index contributed by atoms with van der Waals surface area (Å²) in [6, 6.07) is 13.3. The zero-order chi connectivity index (χ0) is 17.7. The molecule has 2 N–H and O–H groups in total. The van der Waals surface area contributed by atoms with E-state index in [1.54, 1.807) is 0 Å². The summed E-state index contributed by atoms with van der Waals surface area (Å²) in [5.41, 5.74) is 3.76. The Bertz CT molecular complexity index is 758. The van der Waals surface area contributed by atoms with Crippen LogP contribution < -0.4 is 5.32 Å². The monoisotopic (exact) mass is 389 g/mol. The van der Waals surface area contributed by atoms with Gasteiger partial charge in [-0.3, -0.25) is 9.59 Å². The number of halogens is 1. The lowest BCUT2D eigenvalue weighted by molar-refractivity contribution is -0.140. The lowest BCUT2D eigenvalue weighted by Crippen LogP contribution is -2.27. The number of carbonyl (C=O) groups excluding carboxylic acids is 1. The van der Waals surface area contributed by atoms with Crippen LogP contribution >= 0.6 is 15.9 Å². The molecule has 126 valence electrons. The highest BCUT2D eigenvalue weighted by molar-refractivity contribution is 9.10. The number of carbonyl (C=O) groups is 2. The lowest BCUT2D eigenvalue weighted by atomic mass is 9.94. The van der Waals surface area contributed by atoms with Gasteiger partial charge in [0.05, 0.1) is 12.3 Å². The van der Waals surface area contributed by atoms with Crippen molar-refractivity contribution >= 4 is 33.5 Å². The lowest BCUT2D eigenvalue weighted by Gasteiger charge is -2.16. The molecule has 1 atom stereocenters. The number of anilines is 1. The maximum absolute atomic E-state index is 12.5. The summed E-state index contributed by atoms with van der Waals surface area (Å²) in [7, 11) is 0. The molecule has 24 heavy (non-hydrogen) atoms. The van der Waals surface area contributed by atoms with Gasteiger partial charge in [-0.2, -0.15) is 0 Å². The molecule has 0 spiro atoms. The minimum absolute atomic E-state index is 0.202. The summed E-state index contributed by atoms with van der Waals surface area (Å²) in [6.45, 7) is 3.93. The van der Waals surface area contributed by atoms with Gasteiger partial charge in [-0.15, -0.1) is 0 Å². The van der Waals surface area contributed by atoms with E-state index in [2.05, 4.69) is 21.2 Å². The average Bonchev–Trinajstić information content (AvgIpc) is 2.50. The van der Waals surface area contributed by atoms with Gasteiger partial charge in [0.1, 0.15) is 0 Å². The third-order valence-corrected chi connectivity index (χ3v) is 4.65. The van der Waals surface area contributed by atoms with E-state index in [9.17, 15) is 9.59 Å². The third kappa shape index (κ3) is 5.20. The molecule has 0 heterocycles. The molecule has 2 aromatic rings. The fourth-order valence-electron chi connectivity index (χ4n) is 2.51.